The third kappa shape index (κ3) is 4.30. The Hall–Kier alpha value is -2.54. The van der Waals surface area contributed by atoms with Crippen LogP contribution < -0.4 is 4.74 Å². The number of rotatable bonds is 7. The van der Waals surface area contributed by atoms with Crippen molar-refractivity contribution in [3.8, 4) is 16.9 Å². The highest BCUT2D eigenvalue weighted by molar-refractivity contribution is 5.71. The molecule has 0 saturated heterocycles. The first-order chi connectivity index (χ1) is 12.3. The van der Waals surface area contributed by atoms with Crippen LogP contribution in [0.25, 0.3) is 11.1 Å². The van der Waals surface area contributed by atoms with E-state index in [-0.39, 0.29) is 0 Å². The Morgan fingerprint density at radius 2 is 1.48 bits per heavy atom. The normalized spacial score (nSPS) is 10.6. The molecule has 0 N–H and O–H groups in total. The SMILES string of the molecule is [CH2]Cc1cccc(CCCc2ccc(OC)cc2)c1-c1ccccc1. The van der Waals surface area contributed by atoms with E-state index in [2.05, 4.69) is 67.6 Å². The average Bonchev–Trinajstić information content (AvgIpc) is 2.69. The molecule has 1 heteroatoms. The summed E-state index contributed by atoms with van der Waals surface area (Å²) in [6.45, 7) is 4.12. The minimum Gasteiger partial charge on any atom is -0.497 e. The van der Waals surface area contributed by atoms with Gasteiger partial charge in [-0.05, 0) is 72.6 Å². The van der Waals surface area contributed by atoms with E-state index < -0.39 is 0 Å². The summed E-state index contributed by atoms with van der Waals surface area (Å²) >= 11 is 0. The second kappa shape index (κ2) is 8.53. The summed E-state index contributed by atoms with van der Waals surface area (Å²) in [4.78, 5) is 0. The maximum atomic E-state index is 5.23. The molecule has 0 aliphatic rings. The largest absolute Gasteiger partial charge is 0.497 e. The smallest absolute Gasteiger partial charge is 0.118 e. The molecule has 1 nitrogen and oxygen atoms in total. The predicted octanol–water partition coefficient (Wildman–Crippen LogP) is 5.91. The molecule has 0 aliphatic carbocycles. The molecule has 0 spiro atoms. The zero-order chi connectivity index (χ0) is 17.5. The van der Waals surface area contributed by atoms with Gasteiger partial charge >= 0.3 is 0 Å². The summed E-state index contributed by atoms with van der Waals surface area (Å²) in [6, 6.07) is 25.7. The molecule has 1 radical (unpaired) electrons. The van der Waals surface area contributed by atoms with E-state index in [0.717, 1.165) is 31.4 Å². The van der Waals surface area contributed by atoms with Gasteiger partial charge in [-0.2, -0.15) is 0 Å². The van der Waals surface area contributed by atoms with E-state index in [1.54, 1.807) is 7.11 Å². The maximum absolute atomic E-state index is 5.23. The highest BCUT2D eigenvalue weighted by atomic mass is 16.5. The zero-order valence-electron chi connectivity index (χ0n) is 14.9. The van der Waals surface area contributed by atoms with Gasteiger partial charge in [0.2, 0.25) is 0 Å². The number of hydrogen-bond acceptors (Lipinski definition) is 1. The lowest BCUT2D eigenvalue weighted by atomic mass is 9.90. The molecule has 0 saturated carbocycles. The summed E-state index contributed by atoms with van der Waals surface area (Å²) in [5, 5.41) is 0. The Morgan fingerprint density at radius 3 is 2.16 bits per heavy atom. The van der Waals surface area contributed by atoms with Gasteiger partial charge in [0.25, 0.3) is 0 Å². The molecule has 0 aliphatic heterocycles. The first-order valence-electron chi connectivity index (χ1n) is 8.90. The molecule has 0 atom stereocenters. The van der Waals surface area contributed by atoms with Crippen LogP contribution in [0.15, 0.2) is 72.8 Å². The fourth-order valence-electron chi connectivity index (χ4n) is 3.32. The van der Waals surface area contributed by atoms with Gasteiger partial charge in [0.15, 0.2) is 0 Å². The molecule has 3 rings (SSSR count). The van der Waals surface area contributed by atoms with Crippen molar-refractivity contribution in [3.63, 3.8) is 0 Å². The lowest BCUT2D eigenvalue weighted by Crippen LogP contribution is -1.97. The van der Waals surface area contributed by atoms with Gasteiger partial charge < -0.3 is 4.74 Å². The van der Waals surface area contributed by atoms with Crippen LogP contribution in [-0.2, 0) is 19.3 Å². The van der Waals surface area contributed by atoms with Crippen LogP contribution in [0.4, 0.5) is 0 Å². The van der Waals surface area contributed by atoms with Crippen LogP contribution >= 0.6 is 0 Å². The van der Waals surface area contributed by atoms with E-state index in [9.17, 15) is 0 Å². The first kappa shape index (κ1) is 17.3. The van der Waals surface area contributed by atoms with Gasteiger partial charge in [-0.1, -0.05) is 60.7 Å². The van der Waals surface area contributed by atoms with Crippen LogP contribution in [0, 0.1) is 6.92 Å². The molecule has 25 heavy (non-hydrogen) atoms. The van der Waals surface area contributed by atoms with Gasteiger partial charge in [0.1, 0.15) is 5.75 Å². The maximum Gasteiger partial charge on any atom is 0.118 e. The molecule has 0 amide bonds. The second-order valence-electron chi connectivity index (χ2n) is 6.27. The third-order valence-electron chi connectivity index (χ3n) is 4.64. The molecule has 0 unspecified atom stereocenters. The van der Waals surface area contributed by atoms with Crippen molar-refractivity contribution in [2.45, 2.75) is 25.7 Å². The number of hydrogen-bond donors (Lipinski definition) is 0. The standard InChI is InChI=1S/C24H25O/c1-3-20-12-8-14-22(24(20)21-10-5-4-6-11-21)13-7-9-19-15-17-23(25-2)18-16-19/h4-6,8,10-12,14-18H,1,3,7,9,13H2,2H3. The quantitative estimate of drug-likeness (QED) is 0.523. The molecule has 0 bridgehead atoms. The number of ether oxygens (including phenoxy) is 1. The molecule has 0 heterocycles. The summed E-state index contributed by atoms with van der Waals surface area (Å²) in [7, 11) is 1.70. The fourth-order valence-corrected chi connectivity index (χ4v) is 3.32. The topological polar surface area (TPSA) is 9.23 Å². The fraction of sp³-hybridized carbons (Fsp3) is 0.208. The Kier molecular flexibility index (Phi) is 5.90. The summed E-state index contributed by atoms with van der Waals surface area (Å²) in [5.41, 5.74) is 6.76. The highest BCUT2D eigenvalue weighted by Gasteiger charge is 2.09. The van der Waals surface area contributed by atoms with Gasteiger partial charge in [0, 0.05) is 0 Å². The molecular weight excluding hydrogens is 304 g/mol. The summed E-state index contributed by atoms with van der Waals surface area (Å²) in [5.74, 6) is 0.915. The Balaban J connectivity index is 1.75. The van der Waals surface area contributed by atoms with Crippen molar-refractivity contribution in [3.05, 3.63) is 96.4 Å². The first-order valence-corrected chi connectivity index (χ1v) is 8.90. The van der Waals surface area contributed by atoms with Gasteiger partial charge in [-0.3, -0.25) is 0 Å². The minimum absolute atomic E-state index is 0.816. The van der Waals surface area contributed by atoms with Crippen molar-refractivity contribution < 1.29 is 4.74 Å². The monoisotopic (exact) mass is 329 g/mol. The van der Waals surface area contributed by atoms with Crippen molar-refractivity contribution in [2.24, 2.45) is 0 Å². The highest BCUT2D eigenvalue weighted by Crippen LogP contribution is 2.29. The summed E-state index contributed by atoms with van der Waals surface area (Å²) in [6.07, 6.45) is 4.10. The molecule has 3 aromatic rings. The molecule has 3 aromatic carbocycles. The van der Waals surface area contributed by atoms with Gasteiger partial charge in [0.05, 0.1) is 7.11 Å². The van der Waals surface area contributed by atoms with E-state index >= 15 is 0 Å². The zero-order valence-corrected chi connectivity index (χ0v) is 14.9. The average molecular weight is 329 g/mol. The van der Waals surface area contributed by atoms with Crippen molar-refractivity contribution in [2.75, 3.05) is 7.11 Å². The third-order valence-corrected chi connectivity index (χ3v) is 4.64. The molecule has 127 valence electrons. The second-order valence-corrected chi connectivity index (χ2v) is 6.27. The van der Waals surface area contributed by atoms with E-state index in [4.69, 9.17) is 4.74 Å². The van der Waals surface area contributed by atoms with E-state index in [1.807, 2.05) is 12.1 Å². The lowest BCUT2D eigenvalue weighted by Gasteiger charge is -2.14. The lowest BCUT2D eigenvalue weighted by molar-refractivity contribution is 0.414. The molecule has 0 aromatic heterocycles. The number of benzene rings is 3. The Bertz CT molecular complexity index is 788. The van der Waals surface area contributed by atoms with Crippen LogP contribution in [0.5, 0.6) is 5.75 Å². The predicted molar refractivity (Wildman–Crippen MR) is 106 cm³/mol. The molecular formula is C24H25O. The van der Waals surface area contributed by atoms with Crippen molar-refractivity contribution in [1.29, 1.82) is 0 Å². The number of aryl methyl sites for hydroxylation is 2. The van der Waals surface area contributed by atoms with E-state index in [0.29, 0.717) is 0 Å². The van der Waals surface area contributed by atoms with Crippen LogP contribution in [0.2, 0.25) is 0 Å². The minimum atomic E-state index is 0.816. The summed E-state index contributed by atoms with van der Waals surface area (Å²) < 4.78 is 5.23. The van der Waals surface area contributed by atoms with Crippen molar-refractivity contribution in [1.82, 2.24) is 0 Å². The van der Waals surface area contributed by atoms with Crippen LogP contribution in [0.1, 0.15) is 23.1 Å². The van der Waals surface area contributed by atoms with E-state index in [1.165, 1.54) is 27.8 Å². The van der Waals surface area contributed by atoms with Crippen LogP contribution in [0.3, 0.4) is 0 Å². The van der Waals surface area contributed by atoms with Gasteiger partial charge in [-0.25, -0.2) is 0 Å². The van der Waals surface area contributed by atoms with Gasteiger partial charge in [-0.15, -0.1) is 0 Å². The van der Waals surface area contributed by atoms with Crippen LogP contribution in [-0.4, -0.2) is 7.11 Å². The van der Waals surface area contributed by atoms with Crippen molar-refractivity contribution >= 4 is 0 Å². The number of methoxy groups -OCH3 is 1. The Morgan fingerprint density at radius 1 is 0.760 bits per heavy atom. The molecule has 0 fully saturated rings. The Labute approximate surface area is 151 Å².